The smallest absolute Gasteiger partial charge is 0.237 e. The lowest BCUT2D eigenvalue weighted by molar-refractivity contribution is -0.133. The topological polar surface area (TPSA) is 63.7 Å². The molecule has 182 valence electrons. The van der Waals surface area contributed by atoms with Crippen molar-refractivity contribution < 1.29 is 23.7 Å². The van der Waals surface area contributed by atoms with E-state index in [1.807, 2.05) is 29.2 Å². The summed E-state index contributed by atoms with van der Waals surface area (Å²) in [5, 5.41) is 0. The number of piperazine rings is 1. The van der Waals surface area contributed by atoms with E-state index in [-0.39, 0.29) is 11.9 Å². The van der Waals surface area contributed by atoms with Crippen LogP contribution in [0, 0.1) is 0 Å². The first-order valence-electron chi connectivity index (χ1n) is 12.0. The molecule has 34 heavy (non-hydrogen) atoms. The molecule has 1 amide bonds. The van der Waals surface area contributed by atoms with Crippen molar-refractivity contribution in [3.63, 3.8) is 0 Å². The molecule has 0 spiro atoms. The highest BCUT2D eigenvalue weighted by atomic mass is 16.7. The van der Waals surface area contributed by atoms with E-state index < -0.39 is 0 Å². The van der Waals surface area contributed by atoms with Gasteiger partial charge in [-0.3, -0.25) is 14.6 Å². The van der Waals surface area contributed by atoms with Crippen molar-refractivity contribution >= 4 is 5.91 Å². The van der Waals surface area contributed by atoms with E-state index in [0.717, 1.165) is 80.7 Å². The maximum Gasteiger partial charge on any atom is 0.237 e. The molecule has 1 atom stereocenters. The van der Waals surface area contributed by atoms with Gasteiger partial charge in [0.05, 0.1) is 26.8 Å². The minimum atomic E-state index is 0.0323. The van der Waals surface area contributed by atoms with Crippen molar-refractivity contribution in [1.82, 2.24) is 14.7 Å². The van der Waals surface area contributed by atoms with Crippen molar-refractivity contribution in [1.29, 1.82) is 0 Å². The van der Waals surface area contributed by atoms with E-state index in [9.17, 15) is 4.79 Å². The van der Waals surface area contributed by atoms with Gasteiger partial charge in [-0.25, -0.2) is 0 Å². The number of hydrogen-bond acceptors (Lipinski definition) is 7. The standard InChI is InChI=1S/C26H33N3O5/c1-31-20-6-8-23(32-2)21(15-20)22-4-3-9-29(22)26(30)17-28-12-10-27(11-13-28)16-19-5-7-24-25(14-19)34-18-33-24/h5-8,14-15,22H,3-4,9-13,16-18H2,1-2H3. The van der Waals surface area contributed by atoms with Crippen LogP contribution in [0.4, 0.5) is 0 Å². The predicted molar refractivity (Wildman–Crippen MR) is 128 cm³/mol. The summed E-state index contributed by atoms with van der Waals surface area (Å²) in [5.41, 5.74) is 2.25. The Morgan fingerprint density at radius 1 is 0.941 bits per heavy atom. The van der Waals surface area contributed by atoms with Crippen LogP contribution in [0.25, 0.3) is 0 Å². The van der Waals surface area contributed by atoms with Gasteiger partial charge in [0.1, 0.15) is 11.5 Å². The summed E-state index contributed by atoms with van der Waals surface area (Å²) in [6, 6.07) is 12.0. The maximum atomic E-state index is 13.3. The SMILES string of the molecule is COc1ccc(OC)c(C2CCCN2C(=O)CN2CCN(Cc3ccc4c(c3)OCO4)CC2)c1. The zero-order chi connectivity index (χ0) is 23.5. The molecule has 0 N–H and O–H groups in total. The summed E-state index contributed by atoms with van der Waals surface area (Å²) >= 11 is 0. The fourth-order valence-corrected chi connectivity index (χ4v) is 5.17. The van der Waals surface area contributed by atoms with Crippen molar-refractivity contribution in [3.8, 4) is 23.0 Å². The first-order chi connectivity index (χ1) is 16.6. The third-order valence-electron chi connectivity index (χ3n) is 7.04. The third-order valence-corrected chi connectivity index (χ3v) is 7.04. The first-order valence-corrected chi connectivity index (χ1v) is 12.0. The van der Waals surface area contributed by atoms with E-state index in [2.05, 4.69) is 21.9 Å². The molecule has 3 heterocycles. The number of hydrogen-bond donors (Lipinski definition) is 0. The average Bonchev–Trinajstić information content (AvgIpc) is 3.54. The molecule has 0 aromatic heterocycles. The highest BCUT2D eigenvalue weighted by Crippen LogP contribution is 2.39. The molecular formula is C26H33N3O5. The second kappa shape index (κ2) is 10.1. The lowest BCUT2D eigenvalue weighted by Crippen LogP contribution is -2.49. The van der Waals surface area contributed by atoms with Gasteiger partial charge in [-0.05, 0) is 48.7 Å². The second-order valence-electron chi connectivity index (χ2n) is 9.09. The fourth-order valence-electron chi connectivity index (χ4n) is 5.17. The molecule has 2 aromatic rings. The van der Waals surface area contributed by atoms with Crippen molar-refractivity contribution in [3.05, 3.63) is 47.5 Å². The molecule has 8 nitrogen and oxygen atoms in total. The third kappa shape index (κ3) is 4.79. The molecule has 0 aliphatic carbocycles. The first kappa shape index (κ1) is 22.8. The Morgan fingerprint density at radius 2 is 1.74 bits per heavy atom. The van der Waals surface area contributed by atoms with Crippen LogP contribution in [0.2, 0.25) is 0 Å². The number of ether oxygens (including phenoxy) is 4. The van der Waals surface area contributed by atoms with Gasteiger partial charge in [-0.2, -0.15) is 0 Å². The number of benzene rings is 2. The van der Waals surface area contributed by atoms with Gasteiger partial charge < -0.3 is 23.8 Å². The predicted octanol–water partition coefficient (Wildman–Crippen LogP) is 2.91. The van der Waals surface area contributed by atoms with Crippen LogP contribution in [-0.4, -0.2) is 80.9 Å². The Labute approximate surface area is 200 Å². The number of carbonyl (C=O) groups excluding carboxylic acids is 1. The van der Waals surface area contributed by atoms with Crippen molar-refractivity contribution in [2.45, 2.75) is 25.4 Å². The highest BCUT2D eigenvalue weighted by molar-refractivity contribution is 5.79. The van der Waals surface area contributed by atoms with E-state index >= 15 is 0 Å². The molecule has 3 aliphatic rings. The summed E-state index contributed by atoms with van der Waals surface area (Å²) in [6.07, 6.45) is 1.94. The maximum absolute atomic E-state index is 13.3. The molecule has 8 heteroatoms. The van der Waals surface area contributed by atoms with Gasteiger partial charge in [-0.15, -0.1) is 0 Å². The average molecular weight is 468 g/mol. The van der Waals surface area contributed by atoms with Crippen LogP contribution in [-0.2, 0) is 11.3 Å². The molecule has 2 fully saturated rings. The van der Waals surface area contributed by atoms with Crippen LogP contribution in [0.3, 0.4) is 0 Å². The lowest BCUT2D eigenvalue weighted by atomic mass is 10.0. The molecule has 2 aromatic carbocycles. The van der Waals surface area contributed by atoms with Crippen molar-refractivity contribution in [2.24, 2.45) is 0 Å². The number of rotatable bonds is 7. The second-order valence-corrected chi connectivity index (χ2v) is 9.09. The summed E-state index contributed by atoms with van der Waals surface area (Å²) in [4.78, 5) is 20.0. The minimum absolute atomic E-state index is 0.0323. The van der Waals surface area contributed by atoms with E-state index in [0.29, 0.717) is 13.3 Å². The van der Waals surface area contributed by atoms with Crippen LogP contribution in [0.1, 0.15) is 30.0 Å². The number of amides is 1. The molecule has 1 unspecified atom stereocenters. The number of nitrogens with zero attached hydrogens (tertiary/aromatic N) is 3. The Bertz CT molecular complexity index is 1020. The Morgan fingerprint density at radius 3 is 2.53 bits per heavy atom. The number of fused-ring (bicyclic) bond motifs is 1. The van der Waals surface area contributed by atoms with E-state index in [1.54, 1.807) is 14.2 Å². The number of carbonyl (C=O) groups is 1. The summed E-state index contributed by atoms with van der Waals surface area (Å²) in [7, 11) is 3.34. The van der Waals surface area contributed by atoms with Gasteiger partial charge in [0.2, 0.25) is 12.7 Å². The molecule has 3 aliphatic heterocycles. The Balaban J connectivity index is 1.16. The summed E-state index contributed by atoms with van der Waals surface area (Å²) in [5.74, 6) is 3.43. The summed E-state index contributed by atoms with van der Waals surface area (Å²) < 4.78 is 21.9. The Kier molecular flexibility index (Phi) is 6.78. The van der Waals surface area contributed by atoms with Crippen LogP contribution in [0.15, 0.2) is 36.4 Å². The highest BCUT2D eigenvalue weighted by Gasteiger charge is 2.33. The van der Waals surface area contributed by atoms with Crippen LogP contribution in [0.5, 0.6) is 23.0 Å². The largest absolute Gasteiger partial charge is 0.497 e. The van der Waals surface area contributed by atoms with Crippen molar-refractivity contribution in [2.75, 3.05) is 60.3 Å². The van der Waals surface area contributed by atoms with E-state index in [4.69, 9.17) is 18.9 Å². The monoisotopic (exact) mass is 467 g/mol. The normalized spacial score (nSPS) is 20.5. The number of methoxy groups -OCH3 is 2. The zero-order valence-corrected chi connectivity index (χ0v) is 20.0. The summed E-state index contributed by atoms with van der Waals surface area (Å²) in [6.45, 7) is 6.07. The quantitative estimate of drug-likeness (QED) is 0.621. The van der Waals surface area contributed by atoms with Gasteiger partial charge in [-0.1, -0.05) is 6.07 Å². The molecule has 0 saturated carbocycles. The van der Waals surface area contributed by atoms with Gasteiger partial charge in [0.15, 0.2) is 11.5 Å². The fraction of sp³-hybridized carbons (Fsp3) is 0.500. The Hall–Kier alpha value is -2.97. The van der Waals surface area contributed by atoms with Crippen LogP contribution >= 0.6 is 0 Å². The molecular weight excluding hydrogens is 434 g/mol. The molecule has 2 saturated heterocycles. The van der Waals surface area contributed by atoms with Gasteiger partial charge in [0.25, 0.3) is 0 Å². The van der Waals surface area contributed by atoms with Gasteiger partial charge >= 0.3 is 0 Å². The lowest BCUT2D eigenvalue weighted by Gasteiger charge is -2.36. The number of likely N-dealkylation sites (tertiary alicyclic amines) is 1. The van der Waals surface area contributed by atoms with E-state index in [1.165, 1.54) is 5.56 Å². The van der Waals surface area contributed by atoms with Gasteiger partial charge in [0, 0.05) is 44.8 Å². The molecule has 0 bridgehead atoms. The zero-order valence-electron chi connectivity index (χ0n) is 20.0. The minimum Gasteiger partial charge on any atom is -0.497 e. The van der Waals surface area contributed by atoms with Crippen LogP contribution < -0.4 is 18.9 Å². The molecule has 0 radical (unpaired) electrons. The molecule has 5 rings (SSSR count).